The number of nitrogens with zero attached hydrogens (tertiary/aromatic N) is 1. The van der Waals surface area contributed by atoms with Crippen LogP contribution in [-0.2, 0) is 9.53 Å². The minimum Gasteiger partial charge on any atom is -0.444 e. The van der Waals surface area contributed by atoms with E-state index in [9.17, 15) is 9.59 Å². The average molecular weight is 367 g/mol. The van der Waals surface area contributed by atoms with Crippen molar-refractivity contribution in [3.63, 3.8) is 0 Å². The number of rotatable bonds is 5. The van der Waals surface area contributed by atoms with Gasteiger partial charge in [-0.3, -0.25) is 9.78 Å². The zero-order chi connectivity index (χ0) is 19.9. The molecule has 1 aromatic heterocycles. The van der Waals surface area contributed by atoms with Crippen molar-refractivity contribution in [1.29, 1.82) is 0 Å². The highest BCUT2D eigenvalue weighted by molar-refractivity contribution is 5.94. The van der Waals surface area contributed by atoms with Gasteiger partial charge in [0, 0.05) is 11.4 Å². The summed E-state index contributed by atoms with van der Waals surface area (Å²) in [6, 6.07) is 13.2. The first-order valence-corrected chi connectivity index (χ1v) is 8.70. The standard InChI is InChI=1S/C21H25N3O3/c1-15-7-5-9-17(23-15)12-11-16-8-6-10-18(13-16)24-19(25)14-22-20(26)27-21(2,3)4/h5-13H,14H2,1-4H3,(H,22,26)(H,24,25)/b12-11+. The molecule has 0 saturated carbocycles. The van der Waals surface area contributed by atoms with Gasteiger partial charge < -0.3 is 15.4 Å². The molecule has 0 unspecified atom stereocenters. The summed E-state index contributed by atoms with van der Waals surface area (Å²) in [4.78, 5) is 28.0. The molecule has 0 fully saturated rings. The predicted octanol–water partition coefficient (Wildman–Crippen LogP) is 4.02. The molecule has 6 heteroatoms. The van der Waals surface area contributed by atoms with E-state index < -0.39 is 11.7 Å². The molecule has 1 aromatic carbocycles. The van der Waals surface area contributed by atoms with E-state index in [4.69, 9.17) is 4.74 Å². The Balaban J connectivity index is 1.91. The highest BCUT2D eigenvalue weighted by Gasteiger charge is 2.16. The van der Waals surface area contributed by atoms with E-state index in [-0.39, 0.29) is 12.5 Å². The summed E-state index contributed by atoms with van der Waals surface area (Å²) in [6.45, 7) is 7.06. The number of benzene rings is 1. The van der Waals surface area contributed by atoms with Crippen LogP contribution < -0.4 is 10.6 Å². The number of nitrogens with one attached hydrogen (secondary N) is 2. The van der Waals surface area contributed by atoms with Gasteiger partial charge in [0.2, 0.25) is 5.91 Å². The van der Waals surface area contributed by atoms with Crippen LogP contribution in [0.2, 0.25) is 0 Å². The Bertz CT molecular complexity index is 839. The molecule has 0 aliphatic heterocycles. The lowest BCUT2D eigenvalue weighted by atomic mass is 10.1. The molecule has 27 heavy (non-hydrogen) atoms. The van der Waals surface area contributed by atoms with Gasteiger partial charge in [-0.1, -0.05) is 24.3 Å². The Morgan fingerprint density at radius 1 is 1.11 bits per heavy atom. The van der Waals surface area contributed by atoms with Gasteiger partial charge in [-0.15, -0.1) is 0 Å². The minimum atomic E-state index is -0.625. The molecule has 0 saturated heterocycles. The van der Waals surface area contributed by atoms with Gasteiger partial charge in [0.15, 0.2) is 0 Å². The Hall–Kier alpha value is -3.15. The van der Waals surface area contributed by atoms with Crippen LogP contribution >= 0.6 is 0 Å². The Labute approximate surface area is 159 Å². The van der Waals surface area contributed by atoms with Gasteiger partial charge in [-0.25, -0.2) is 4.79 Å². The lowest BCUT2D eigenvalue weighted by Crippen LogP contribution is -2.37. The van der Waals surface area contributed by atoms with Gasteiger partial charge in [0.1, 0.15) is 12.1 Å². The highest BCUT2D eigenvalue weighted by Crippen LogP contribution is 2.13. The van der Waals surface area contributed by atoms with Gasteiger partial charge in [-0.05, 0) is 63.6 Å². The number of hydrogen-bond acceptors (Lipinski definition) is 4. The number of anilines is 1. The molecule has 0 atom stereocenters. The lowest BCUT2D eigenvalue weighted by Gasteiger charge is -2.19. The number of ether oxygens (including phenoxy) is 1. The molecule has 2 aromatic rings. The van der Waals surface area contributed by atoms with Crippen LogP contribution in [0.15, 0.2) is 42.5 Å². The van der Waals surface area contributed by atoms with E-state index in [1.165, 1.54) is 0 Å². The number of carbonyl (C=O) groups is 2. The maximum Gasteiger partial charge on any atom is 0.408 e. The Morgan fingerprint density at radius 3 is 2.56 bits per heavy atom. The second-order valence-electron chi connectivity index (χ2n) is 7.07. The van der Waals surface area contributed by atoms with Crippen molar-refractivity contribution in [3.8, 4) is 0 Å². The van der Waals surface area contributed by atoms with Crippen molar-refractivity contribution in [2.24, 2.45) is 0 Å². The molecule has 6 nitrogen and oxygen atoms in total. The fourth-order valence-electron chi connectivity index (χ4n) is 2.23. The molecule has 0 aliphatic carbocycles. The Morgan fingerprint density at radius 2 is 1.85 bits per heavy atom. The van der Waals surface area contributed by atoms with E-state index >= 15 is 0 Å². The first-order valence-electron chi connectivity index (χ1n) is 8.70. The molecule has 2 N–H and O–H groups in total. The quantitative estimate of drug-likeness (QED) is 0.836. The number of pyridine rings is 1. The average Bonchev–Trinajstić information content (AvgIpc) is 2.57. The third-order valence-corrected chi connectivity index (χ3v) is 3.32. The number of alkyl carbamates (subject to hydrolysis) is 1. The van der Waals surface area contributed by atoms with Crippen LogP contribution in [0.3, 0.4) is 0 Å². The molecule has 2 amide bonds. The van der Waals surface area contributed by atoms with Gasteiger partial charge in [0.05, 0.1) is 5.69 Å². The minimum absolute atomic E-state index is 0.164. The summed E-state index contributed by atoms with van der Waals surface area (Å²) in [5, 5.41) is 5.18. The topological polar surface area (TPSA) is 80.3 Å². The van der Waals surface area contributed by atoms with E-state index in [1.807, 2.05) is 55.5 Å². The summed E-state index contributed by atoms with van der Waals surface area (Å²) in [6.07, 6.45) is 3.22. The van der Waals surface area contributed by atoms with Crippen molar-refractivity contribution < 1.29 is 14.3 Å². The maximum absolute atomic E-state index is 12.0. The molecule has 0 bridgehead atoms. The van der Waals surface area contributed by atoms with Crippen molar-refractivity contribution in [3.05, 3.63) is 59.4 Å². The first-order chi connectivity index (χ1) is 12.7. The van der Waals surface area contributed by atoms with E-state index in [2.05, 4.69) is 15.6 Å². The van der Waals surface area contributed by atoms with Crippen molar-refractivity contribution >= 4 is 29.8 Å². The van der Waals surface area contributed by atoms with Gasteiger partial charge in [-0.2, -0.15) is 0 Å². The number of aromatic nitrogens is 1. The molecule has 0 spiro atoms. The zero-order valence-corrected chi connectivity index (χ0v) is 16.1. The first kappa shape index (κ1) is 20.2. The molecule has 0 radical (unpaired) electrons. The fraction of sp³-hybridized carbons (Fsp3) is 0.286. The van der Waals surface area contributed by atoms with E-state index in [1.54, 1.807) is 26.8 Å². The third kappa shape index (κ3) is 7.73. The van der Waals surface area contributed by atoms with E-state index in [0.29, 0.717) is 5.69 Å². The van der Waals surface area contributed by atoms with Crippen molar-refractivity contribution in [2.45, 2.75) is 33.3 Å². The van der Waals surface area contributed by atoms with Crippen LogP contribution in [0.5, 0.6) is 0 Å². The van der Waals surface area contributed by atoms with Crippen LogP contribution in [0, 0.1) is 6.92 Å². The monoisotopic (exact) mass is 367 g/mol. The van der Waals surface area contributed by atoms with Crippen LogP contribution in [-0.4, -0.2) is 29.1 Å². The van der Waals surface area contributed by atoms with Crippen LogP contribution in [0.1, 0.15) is 37.7 Å². The highest BCUT2D eigenvalue weighted by atomic mass is 16.6. The molecule has 0 aliphatic rings. The number of aryl methyl sites for hydroxylation is 1. The summed E-state index contributed by atoms with van der Waals surface area (Å²) in [5.41, 5.74) is 2.79. The third-order valence-electron chi connectivity index (χ3n) is 3.32. The second kappa shape index (κ2) is 8.98. The zero-order valence-electron chi connectivity index (χ0n) is 16.1. The lowest BCUT2D eigenvalue weighted by molar-refractivity contribution is -0.115. The molecule has 142 valence electrons. The summed E-state index contributed by atoms with van der Waals surface area (Å²) >= 11 is 0. The number of amides is 2. The summed E-state index contributed by atoms with van der Waals surface area (Å²) in [7, 11) is 0. The molecular formula is C21H25N3O3. The van der Waals surface area contributed by atoms with Gasteiger partial charge in [0.25, 0.3) is 0 Å². The normalized spacial score (nSPS) is 11.3. The second-order valence-corrected chi connectivity index (χ2v) is 7.07. The van der Waals surface area contributed by atoms with Crippen molar-refractivity contribution in [2.75, 3.05) is 11.9 Å². The maximum atomic E-state index is 12.0. The largest absolute Gasteiger partial charge is 0.444 e. The molecule has 2 rings (SSSR count). The summed E-state index contributed by atoms with van der Waals surface area (Å²) < 4.78 is 5.09. The fourth-order valence-corrected chi connectivity index (χ4v) is 2.23. The van der Waals surface area contributed by atoms with Crippen LogP contribution in [0.25, 0.3) is 12.2 Å². The molecule has 1 heterocycles. The number of hydrogen-bond donors (Lipinski definition) is 2. The SMILES string of the molecule is Cc1cccc(/C=C/c2cccc(NC(=O)CNC(=O)OC(C)(C)C)c2)n1. The Kier molecular flexibility index (Phi) is 6.71. The molecular weight excluding hydrogens is 342 g/mol. The smallest absolute Gasteiger partial charge is 0.408 e. The van der Waals surface area contributed by atoms with Crippen molar-refractivity contribution in [1.82, 2.24) is 10.3 Å². The van der Waals surface area contributed by atoms with Crippen LogP contribution in [0.4, 0.5) is 10.5 Å². The predicted molar refractivity (Wildman–Crippen MR) is 107 cm³/mol. The summed E-state index contributed by atoms with van der Waals surface area (Å²) in [5.74, 6) is -0.331. The number of carbonyl (C=O) groups excluding carboxylic acids is 2. The van der Waals surface area contributed by atoms with Gasteiger partial charge >= 0.3 is 6.09 Å². The van der Waals surface area contributed by atoms with E-state index in [0.717, 1.165) is 17.0 Å².